The summed E-state index contributed by atoms with van der Waals surface area (Å²) in [4.78, 5) is 30.3. The van der Waals surface area contributed by atoms with Gasteiger partial charge in [-0.1, -0.05) is 0 Å². The Morgan fingerprint density at radius 1 is 1.34 bits per heavy atom. The van der Waals surface area contributed by atoms with Crippen LogP contribution in [0.15, 0.2) is 18.3 Å². The fourth-order valence-corrected chi connectivity index (χ4v) is 3.53. The number of anilines is 2. The number of rotatable bonds is 4. The van der Waals surface area contributed by atoms with Gasteiger partial charge in [0.25, 0.3) is 5.91 Å². The molecule has 2 aromatic heterocycles. The maximum Gasteiger partial charge on any atom is 0.410 e. The molecular weight excluding hydrogens is 394 g/mol. The minimum Gasteiger partial charge on any atom is -0.472 e. The quantitative estimate of drug-likeness (QED) is 0.781. The van der Waals surface area contributed by atoms with Crippen molar-refractivity contribution in [3.05, 3.63) is 29.6 Å². The number of aryl methyl sites for hydroxylation is 1. The summed E-state index contributed by atoms with van der Waals surface area (Å²) in [6.07, 6.45) is 1.71. The summed E-state index contributed by atoms with van der Waals surface area (Å²) in [5.41, 5.74) is 6.76. The maximum atomic E-state index is 12.3. The molecule has 1 aliphatic rings. The fraction of sp³-hybridized carbons (Fsp3) is 0.474. The van der Waals surface area contributed by atoms with Crippen LogP contribution in [-0.2, 0) is 4.74 Å². The van der Waals surface area contributed by atoms with Crippen molar-refractivity contribution in [3.8, 4) is 5.88 Å². The van der Waals surface area contributed by atoms with Crippen LogP contribution in [-0.4, -0.2) is 51.1 Å². The van der Waals surface area contributed by atoms with Gasteiger partial charge >= 0.3 is 6.09 Å². The molecule has 0 bridgehead atoms. The van der Waals surface area contributed by atoms with Crippen molar-refractivity contribution in [3.63, 3.8) is 0 Å². The smallest absolute Gasteiger partial charge is 0.410 e. The van der Waals surface area contributed by atoms with Gasteiger partial charge in [-0.2, -0.15) is 4.37 Å². The van der Waals surface area contributed by atoms with Crippen LogP contribution in [0.2, 0.25) is 0 Å². The molecule has 3 rings (SSSR count). The first-order valence-electron chi connectivity index (χ1n) is 9.26. The van der Waals surface area contributed by atoms with E-state index in [1.807, 2.05) is 20.8 Å². The second-order valence-electron chi connectivity index (χ2n) is 7.80. The number of amides is 2. The van der Waals surface area contributed by atoms with Crippen LogP contribution < -0.4 is 15.8 Å². The summed E-state index contributed by atoms with van der Waals surface area (Å²) in [7, 11) is 0. The zero-order chi connectivity index (χ0) is 21.2. The summed E-state index contributed by atoms with van der Waals surface area (Å²) in [5.74, 6) is 0.0972. The van der Waals surface area contributed by atoms with Gasteiger partial charge < -0.3 is 25.4 Å². The number of carbonyl (C=O) groups is 2. The highest BCUT2D eigenvalue weighted by molar-refractivity contribution is 7.10. The molecule has 10 heteroatoms. The van der Waals surface area contributed by atoms with Crippen LogP contribution in [0.3, 0.4) is 0 Å². The lowest BCUT2D eigenvalue weighted by Crippen LogP contribution is -2.36. The molecule has 9 nitrogen and oxygen atoms in total. The number of nitrogens with zero attached hydrogens (tertiary/aromatic N) is 3. The van der Waals surface area contributed by atoms with E-state index in [2.05, 4.69) is 14.7 Å². The normalized spacial score (nSPS) is 16.6. The Morgan fingerprint density at radius 2 is 2.10 bits per heavy atom. The lowest BCUT2D eigenvalue weighted by Gasteiger charge is -2.24. The Kier molecular flexibility index (Phi) is 5.92. The van der Waals surface area contributed by atoms with E-state index in [1.54, 1.807) is 24.0 Å². The Bertz CT molecular complexity index is 871. The molecule has 3 N–H and O–H groups in total. The molecule has 3 heterocycles. The third kappa shape index (κ3) is 5.35. The Labute approximate surface area is 173 Å². The SMILES string of the molecule is Cc1nsc(N)c1C(=O)Nc1ccc(O[C@@H]2CCN(C(=O)OC(C)(C)C)C2)nc1. The summed E-state index contributed by atoms with van der Waals surface area (Å²) < 4.78 is 15.3. The highest BCUT2D eigenvalue weighted by Crippen LogP contribution is 2.23. The van der Waals surface area contributed by atoms with E-state index in [0.29, 0.717) is 47.3 Å². The predicted octanol–water partition coefficient (Wildman–Crippen LogP) is 3.07. The summed E-state index contributed by atoms with van der Waals surface area (Å²) in [5, 5.41) is 3.13. The molecule has 2 aromatic rings. The van der Waals surface area contributed by atoms with Crippen molar-refractivity contribution in [1.29, 1.82) is 0 Å². The number of likely N-dealkylation sites (tertiary alicyclic amines) is 1. The molecule has 156 valence electrons. The van der Waals surface area contributed by atoms with Gasteiger partial charge in [-0.25, -0.2) is 9.78 Å². The monoisotopic (exact) mass is 419 g/mol. The van der Waals surface area contributed by atoms with Crippen molar-refractivity contribution in [1.82, 2.24) is 14.3 Å². The molecule has 0 radical (unpaired) electrons. The van der Waals surface area contributed by atoms with E-state index in [-0.39, 0.29) is 18.1 Å². The van der Waals surface area contributed by atoms with E-state index >= 15 is 0 Å². The van der Waals surface area contributed by atoms with Crippen LogP contribution in [0.1, 0.15) is 43.2 Å². The summed E-state index contributed by atoms with van der Waals surface area (Å²) >= 11 is 1.09. The number of nitrogens with two attached hydrogens (primary N) is 1. The number of ether oxygens (including phenoxy) is 2. The lowest BCUT2D eigenvalue weighted by atomic mass is 10.2. The lowest BCUT2D eigenvalue weighted by molar-refractivity contribution is 0.0275. The first-order valence-corrected chi connectivity index (χ1v) is 10.0. The molecule has 1 atom stereocenters. The molecule has 0 aliphatic carbocycles. The van der Waals surface area contributed by atoms with Gasteiger partial charge in [0.2, 0.25) is 5.88 Å². The average molecular weight is 420 g/mol. The Morgan fingerprint density at radius 3 is 2.69 bits per heavy atom. The van der Waals surface area contributed by atoms with Crippen LogP contribution in [0.5, 0.6) is 5.88 Å². The second-order valence-corrected chi connectivity index (χ2v) is 8.61. The highest BCUT2D eigenvalue weighted by atomic mass is 32.1. The standard InChI is InChI=1S/C19H25N5O4S/c1-11-15(16(20)29-23-11)17(25)22-12-5-6-14(21-9-12)27-13-7-8-24(10-13)18(26)28-19(2,3)4/h5-6,9,13H,7-8,10,20H2,1-4H3,(H,22,25)/t13-/m1/s1. The van der Waals surface area contributed by atoms with Gasteiger partial charge in [0, 0.05) is 19.0 Å². The number of hydrogen-bond donors (Lipinski definition) is 2. The topological polar surface area (TPSA) is 120 Å². The van der Waals surface area contributed by atoms with Gasteiger partial charge in [-0.05, 0) is 45.3 Å². The van der Waals surface area contributed by atoms with E-state index in [4.69, 9.17) is 15.2 Å². The molecule has 29 heavy (non-hydrogen) atoms. The number of carbonyl (C=O) groups excluding carboxylic acids is 2. The van der Waals surface area contributed by atoms with Crippen LogP contribution in [0.25, 0.3) is 0 Å². The minimum atomic E-state index is -0.528. The van der Waals surface area contributed by atoms with E-state index in [1.165, 1.54) is 6.20 Å². The van der Waals surface area contributed by atoms with Crippen molar-refractivity contribution in [2.75, 3.05) is 24.1 Å². The van der Waals surface area contributed by atoms with Crippen molar-refractivity contribution >= 4 is 34.2 Å². The van der Waals surface area contributed by atoms with Gasteiger partial charge in [0.1, 0.15) is 16.7 Å². The second kappa shape index (κ2) is 8.24. The van der Waals surface area contributed by atoms with Crippen molar-refractivity contribution in [2.45, 2.75) is 45.8 Å². The van der Waals surface area contributed by atoms with Crippen LogP contribution in [0.4, 0.5) is 15.5 Å². The molecule has 0 unspecified atom stereocenters. The summed E-state index contributed by atoms with van der Waals surface area (Å²) in [6, 6.07) is 3.37. The fourth-order valence-electron chi connectivity index (χ4n) is 2.87. The number of pyridine rings is 1. The average Bonchev–Trinajstić information content (AvgIpc) is 3.22. The van der Waals surface area contributed by atoms with E-state index < -0.39 is 5.60 Å². The highest BCUT2D eigenvalue weighted by Gasteiger charge is 2.31. The number of hydrogen-bond acceptors (Lipinski definition) is 8. The Hall–Kier alpha value is -2.88. The molecule has 0 aromatic carbocycles. The third-order valence-electron chi connectivity index (χ3n) is 4.19. The number of nitrogen functional groups attached to an aromatic ring is 1. The third-order valence-corrected chi connectivity index (χ3v) is 4.96. The first kappa shape index (κ1) is 20.8. The van der Waals surface area contributed by atoms with Crippen molar-refractivity contribution < 1.29 is 19.1 Å². The Balaban J connectivity index is 1.53. The number of nitrogens with one attached hydrogen (secondary N) is 1. The van der Waals surface area contributed by atoms with Crippen molar-refractivity contribution in [2.24, 2.45) is 0 Å². The molecule has 1 fully saturated rings. The first-order chi connectivity index (χ1) is 13.6. The zero-order valence-corrected chi connectivity index (χ0v) is 17.7. The van der Waals surface area contributed by atoms with Gasteiger partial charge in [0.15, 0.2) is 0 Å². The molecular formula is C19H25N5O4S. The predicted molar refractivity (Wildman–Crippen MR) is 110 cm³/mol. The molecule has 2 amide bonds. The molecule has 0 spiro atoms. The largest absolute Gasteiger partial charge is 0.472 e. The van der Waals surface area contributed by atoms with Crippen LogP contribution in [0, 0.1) is 6.92 Å². The van der Waals surface area contributed by atoms with Gasteiger partial charge in [-0.3, -0.25) is 4.79 Å². The summed E-state index contributed by atoms with van der Waals surface area (Å²) in [6.45, 7) is 8.26. The van der Waals surface area contributed by atoms with Gasteiger partial charge in [-0.15, -0.1) is 0 Å². The van der Waals surface area contributed by atoms with E-state index in [9.17, 15) is 9.59 Å². The molecule has 1 aliphatic heterocycles. The zero-order valence-electron chi connectivity index (χ0n) is 16.9. The molecule has 1 saturated heterocycles. The van der Waals surface area contributed by atoms with Crippen LogP contribution >= 0.6 is 11.5 Å². The van der Waals surface area contributed by atoms with E-state index in [0.717, 1.165) is 11.5 Å². The minimum absolute atomic E-state index is 0.158. The van der Waals surface area contributed by atoms with Gasteiger partial charge in [0.05, 0.1) is 29.7 Å². The number of aromatic nitrogens is 2. The molecule has 0 saturated carbocycles. The maximum absolute atomic E-state index is 12.3.